The minimum atomic E-state index is 0.766. The molecule has 3 rings (SSSR count). The van der Waals surface area contributed by atoms with Gasteiger partial charge in [-0.15, -0.1) is 0 Å². The van der Waals surface area contributed by atoms with E-state index in [4.69, 9.17) is 0 Å². The molecule has 3 aromatic rings. The standard InChI is InChI=1S/C19H19N3/c1-14-7-9-16(10-8-14)21(3)13-19-15(2)17(12-20)18-6-4-5-11-22(18)19/h4-11H,13H2,1-3H3. The molecule has 0 amide bonds. The normalized spacial score (nSPS) is 10.6. The van der Waals surface area contributed by atoms with E-state index in [2.05, 4.69) is 53.6 Å². The summed E-state index contributed by atoms with van der Waals surface area (Å²) in [5, 5.41) is 9.43. The number of hydrogen-bond acceptors (Lipinski definition) is 2. The highest BCUT2D eigenvalue weighted by Crippen LogP contribution is 2.25. The Bertz CT molecular complexity index is 851. The molecule has 0 N–H and O–H groups in total. The van der Waals surface area contributed by atoms with Gasteiger partial charge >= 0.3 is 0 Å². The second kappa shape index (κ2) is 5.57. The lowest BCUT2D eigenvalue weighted by Gasteiger charge is -2.20. The van der Waals surface area contributed by atoms with Gasteiger partial charge in [-0.1, -0.05) is 23.8 Å². The molecule has 0 saturated heterocycles. The summed E-state index contributed by atoms with van der Waals surface area (Å²) in [5.41, 5.74) is 6.41. The number of nitrogens with zero attached hydrogens (tertiary/aromatic N) is 3. The van der Waals surface area contributed by atoms with Gasteiger partial charge in [-0.3, -0.25) is 0 Å². The van der Waals surface area contributed by atoms with Crippen LogP contribution in [0.1, 0.15) is 22.4 Å². The van der Waals surface area contributed by atoms with Gasteiger partial charge in [0.05, 0.1) is 17.6 Å². The van der Waals surface area contributed by atoms with E-state index in [1.54, 1.807) is 0 Å². The van der Waals surface area contributed by atoms with E-state index in [1.807, 2.05) is 31.3 Å². The number of aryl methyl sites for hydroxylation is 1. The molecule has 0 spiro atoms. The van der Waals surface area contributed by atoms with Crippen LogP contribution in [0.3, 0.4) is 0 Å². The van der Waals surface area contributed by atoms with Gasteiger partial charge in [-0.2, -0.15) is 5.26 Å². The Morgan fingerprint density at radius 3 is 2.50 bits per heavy atom. The molecule has 0 saturated carbocycles. The molecule has 2 heterocycles. The fourth-order valence-corrected chi connectivity index (χ4v) is 2.85. The van der Waals surface area contributed by atoms with E-state index in [0.717, 1.165) is 28.9 Å². The fraction of sp³-hybridized carbons (Fsp3) is 0.211. The van der Waals surface area contributed by atoms with Gasteiger partial charge in [0.2, 0.25) is 0 Å². The Morgan fingerprint density at radius 1 is 1.09 bits per heavy atom. The van der Waals surface area contributed by atoms with Crippen LogP contribution in [0.25, 0.3) is 5.52 Å². The first kappa shape index (κ1) is 14.2. The molecular formula is C19H19N3. The van der Waals surface area contributed by atoms with Gasteiger partial charge in [-0.25, -0.2) is 0 Å². The van der Waals surface area contributed by atoms with Crippen molar-refractivity contribution in [1.29, 1.82) is 5.26 Å². The zero-order chi connectivity index (χ0) is 15.7. The maximum absolute atomic E-state index is 9.43. The lowest BCUT2D eigenvalue weighted by molar-refractivity contribution is 0.862. The molecule has 1 aromatic carbocycles. The summed E-state index contributed by atoms with van der Waals surface area (Å²) in [6, 6.07) is 16.8. The monoisotopic (exact) mass is 289 g/mol. The number of benzene rings is 1. The van der Waals surface area contributed by atoms with Crippen molar-refractivity contribution in [3.05, 3.63) is 71.0 Å². The van der Waals surface area contributed by atoms with Gasteiger partial charge in [-0.05, 0) is 43.7 Å². The minimum Gasteiger partial charge on any atom is -0.369 e. The number of anilines is 1. The van der Waals surface area contributed by atoms with E-state index in [-0.39, 0.29) is 0 Å². The highest BCUT2D eigenvalue weighted by Gasteiger charge is 2.15. The van der Waals surface area contributed by atoms with Crippen LogP contribution in [-0.2, 0) is 6.54 Å². The van der Waals surface area contributed by atoms with Gasteiger partial charge in [0.1, 0.15) is 6.07 Å². The van der Waals surface area contributed by atoms with E-state index in [1.165, 1.54) is 11.3 Å². The predicted molar refractivity (Wildman–Crippen MR) is 90.1 cm³/mol. The van der Waals surface area contributed by atoms with E-state index in [0.29, 0.717) is 0 Å². The van der Waals surface area contributed by atoms with Crippen molar-refractivity contribution in [2.45, 2.75) is 20.4 Å². The van der Waals surface area contributed by atoms with Crippen LogP contribution in [-0.4, -0.2) is 11.4 Å². The molecule has 2 aromatic heterocycles. The molecule has 3 heteroatoms. The van der Waals surface area contributed by atoms with Gasteiger partial charge < -0.3 is 9.30 Å². The van der Waals surface area contributed by atoms with Crippen LogP contribution in [0.15, 0.2) is 48.7 Å². The molecule has 0 bridgehead atoms. The first-order chi connectivity index (χ1) is 10.6. The second-order valence-corrected chi connectivity index (χ2v) is 5.71. The van der Waals surface area contributed by atoms with Crippen molar-refractivity contribution >= 4 is 11.2 Å². The number of rotatable bonds is 3. The van der Waals surface area contributed by atoms with Crippen molar-refractivity contribution in [3.63, 3.8) is 0 Å². The Labute approximate surface area is 131 Å². The highest BCUT2D eigenvalue weighted by atomic mass is 15.1. The molecule has 0 atom stereocenters. The van der Waals surface area contributed by atoms with Gasteiger partial charge in [0.25, 0.3) is 0 Å². The maximum Gasteiger partial charge on any atom is 0.102 e. The largest absolute Gasteiger partial charge is 0.369 e. The van der Waals surface area contributed by atoms with Crippen LogP contribution in [0, 0.1) is 25.2 Å². The molecule has 0 radical (unpaired) electrons. The van der Waals surface area contributed by atoms with Crippen LogP contribution < -0.4 is 4.90 Å². The predicted octanol–water partition coefficient (Wildman–Crippen LogP) is 4.06. The highest BCUT2D eigenvalue weighted by molar-refractivity contribution is 5.67. The molecule has 0 fully saturated rings. The average molecular weight is 289 g/mol. The summed E-state index contributed by atoms with van der Waals surface area (Å²) in [5.74, 6) is 0. The number of hydrogen-bond donors (Lipinski definition) is 0. The summed E-state index contributed by atoms with van der Waals surface area (Å²) in [7, 11) is 2.08. The van der Waals surface area contributed by atoms with Crippen LogP contribution in [0.4, 0.5) is 5.69 Å². The van der Waals surface area contributed by atoms with Crippen LogP contribution in [0.5, 0.6) is 0 Å². The topological polar surface area (TPSA) is 31.4 Å². The average Bonchev–Trinajstić information content (AvgIpc) is 2.80. The summed E-state index contributed by atoms with van der Waals surface area (Å²) in [6.45, 7) is 4.89. The zero-order valence-corrected chi connectivity index (χ0v) is 13.2. The van der Waals surface area contributed by atoms with Crippen molar-refractivity contribution in [1.82, 2.24) is 4.40 Å². The number of fused-ring (bicyclic) bond motifs is 1. The molecule has 110 valence electrons. The molecule has 0 aliphatic carbocycles. The number of aromatic nitrogens is 1. The Kier molecular flexibility index (Phi) is 3.60. The molecule has 22 heavy (non-hydrogen) atoms. The molecule has 0 aliphatic rings. The SMILES string of the molecule is Cc1ccc(N(C)Cc2c(C)c(C#N)c3ccccn23)cc1. The van der Waals surface area contributed by atoms with Crippen molar-refractivity contribution < 1.29 is 0 Å². The minimum absolute atomic E-state index is 0.766. The first-order valence-corrected chi connectivity index (χ1v) is 7.38. The summed E-state index contributed by atoms with van der Waals surface area (Å²) < 4.78 is 2.12. The second-order valence-electron chi connectivity index (χ2n) is 5.71. The first-order valence-electron chi connectivity index (χ1n) is 7.38. The van der Waals surface area contributed by atoms with Crippen LogP contribution in [0.2, 0.25) is 0 Å². The molecular weight excluding hydrogens is 270 g/mol. The lowest BCUT2D eigenvalue weighted by atomic mass is 10.1. The van der Waals surface area contributed by atoms with Gasteiger partial charge in [0, 0.05) is 24.6 Å². The molecule has 0 unspecified atom stereocenters. The quantitative estimate of drug-likeness (QED) is 0.728. The van der Waals surface area contributed by atoms with Crippen molar-refractivity contribution in [2.75, 3.05) is 11.9 Å². The Hall–Kier alpha value is -2.73. The summed E-state index contributed by atoms with van der Waals surface area (Å²) in [4.78, 5) is 2.21. The number of nitriles is 1. The van der Waals surface area contributed by atoms with Crippen molar-refractivity contribution in [2.24, 2.45) is 0 Å². The third-order valence-electron chi connectivity index (χ3n) is 4.19. The van der Waals surface area contributed by atoms with Crippen molar-refractivity contribution in [3.8, 4) is 6.07 Å². The fourth-order valence-electron chi connectivity index (χ4n) is 2.85. The van der Waals surface area contributed by atoms with Gasteiger partial charge in [0.15, 0.2) is 0 Å². The number of pyridine rings is 1. The zero-order valence-electron chi connectivity index (χ0n) is 13.2. The Morgan fingerprint density at radius 2 is 1.82 bits per heavy atom. The summed E-state index contributed by atoms with van der Waals surface area (Å²) >= 11 is 0. The summed E-state index contributed by atoms with van der Waals surface area (Å²) in [6.07, 6.45) is 2.03. The third kappa shape index (κ3) is 2.33. The van der Waals surface area contributed by atoms with Crippen LogP contribution >= 0.6 is 0 Å². The molecule has 3 nitrogen and oxygen atoms in total. The van der Waals surface area contributed by atoms with E-state index >= 15 is 0 Å². The Balaban J connectivity index is 2.02. The van der Waals surface area contributed by atoms with E-state index in [9.17, 15) is 5.26 Å². The lowest BCUT2D eigenvalue weighted by Crippen LogP contribution is -2.18. The maximum atomic E-state index is 9.43. The molecule has 0 aliphatic heterocycles. The third-order valence-corrected chi connectivity index (χ3v) is 4.19. The smallest absolute Gasteiger partial charge is 0.102 e. The van der Waals surface area contributed by atoms with E-state index < -0.39 is 0 Å².